The number of rotatable bonds is 3. The van der Waals surface area contributed by atoms with Crippen molar-refractivity contribution in [3.8, 4) is 0 Å². The molecule has 0 aliphatic carbocycles. The second kappa shape index (κ2) is 5.33. The van der Waals surface area contributed by atoms with E-state index >= 15 is 0 Å². The molecule has 2 aromatic carbocycles. The predicted octanol–water partition coefficient (Wildman–Crippen LogP) is 3.88. The third-order valence-corrected chi connectivity index (χ3v) is 3.44. The molecule has 0 saturated carbocycles. The molecule has 94 valence electrons. The van der Waals surface area contributed by atoms with Crippen LogP contribution in [0.25, 0.3) is 0 Å². The third-order valence-electron chi connectivity index (χ3n) is 3.17. The third kappa shape index (κ3) is 2.56. The molecule has 1 unspecified atom stereocenters. The molecule has 1 N–H and O–H groups in total. The van der Waals surface area contributed by atoms with E-state index in [2.05, 4.69) is 59.0 Å². The van der Waals surface area contributed by atoms with Gasteiger partial charge in [-0.3, -0.25) is 0 Å². The summed E-state index contributed by atoms with van der Waals surface area (Å²) in [6, 6.07) is 18.7. The fourth-order valence-corrected chi connectivity index (χ4v) is 2.56. The molecule has 1 atom stereocenters. The largest absolute Gasteiger partial charge is 0.348 e. The van der Waals surface area contributed by atoms with Gasteiger partial charge in [-0.1, -0.05) is 42.5 Å². The van der Waals surface area contributed by atoms with Crippen molar-refractivity contribution in [2.75, 3.05) is 0 Å². The lowest BCUT2D eigenvalue weighted by molar-refractivity contribution is 0.928. The van der Waals surface area contributed by atoms with Crippen LogP contribution in [-0.4, -0.2) is 9.97 Å². The van der Waals surface area contributed by atoms with Gasteiger partial charge in [-0.2, -0.15) is 0 Å². The van der Waals surface area contributed by atoms with Gasteiger partial charge in [0.1, 0.15) is 0 Å². The van der Waals surface area contributed by atoms with Gasteiger partial charge in [0, 0.05) is 16.8 Å². The molecular formula is C16H14N2S. The molecule has 1 heterocycles. The molecule has 3 heteroatoms. The van der Waals surface area contributed by atoms with Gasteiger partial charge in [0.05, 0.1) is 12.2 Å². The van der Waals surface area contributed by atoms with E-state index in [1.807, 2.05) is 24.4 Å². The zero-order chi connectivity index (χ0) is 13.1. The van der Waals surface area contributed by atoms with Crippen LogP contribution in [0.1, 0.15) is 22.7 Å². The molecule has 3 aromatic rings. The highest BCUT2D eigenvalue weighted by Crippen LogP contribution is 2.31. The fourth-order valence-electron chi connectivity index (χ4n) is 2.33. The first-order chi connectivity index (χ1) is 9.34. The highest BCUT2D eigenvalue weighted by Gasteiger charge is 2.17. The van der Waals surface area contributed by atoms with Crippen LogP contribution in [0.15, 0.2) is 72.0 Å². The number of hydrogen-bond acceptors (Lipinski definition) is 2. The van der Waals surface area contributed by atoms with E-state index in [1.165, 1.54) is 11.1 Å². The van der Waals surface area contributed by atoms with Crippen LogP contribution in [0.5, 0.6) is 0 Å². The Morgan fingerprint density at radius 3 is 2.42 bits per heavy atom. The summed E-state index contributed by atoms with van der Waals surface area (Å²) in [4.78, 5) is 8.33. The van der Waals surface area contributed by atoms with Gasteiger partial charge in [-0.05, 0) is 23.3 Å². The summed E-state index contributed by atoms with van der Waals surface area (Å²) in [7, 11) is 0. The van der Waals surface area contributed by atoms with Crippen LogP contribution >= 0.6 is 12.6 Å². The van der Waals surface area contributed by atoms with Crippen molar-refractivity contribution in [1.82, 2.24) is 9.97 Å². The van der Waals surface area contributed by atoms with E-state index in [-0.39, 0.29) is 5.92 Å². The summed E-state index contributed by atoms with van der Waals surface area (Å²) < 4.78 is 0. The number of aromatic nitrogens is 2. The van der Waals surface area contributed by atoms with Crippen molar-refractivity contribution in [2.45, 2.75) is 10.8 Å². The van der Waals surface area contributed by atoms with Crippen molar-refractivity contribution >= 4 is 12.6 Å². The number of nitrogens with one attached hydrogen (secondary N) is 1. The molecule has 0 saturated heterocycles. The van der Waals surface area contributed by atoms with Crippen LogP contribution in [0.2, 0.25) is 0 Å². The van der Waals surface area contributed by atoms with Crippen LogP contribution in [0, 0.1) is 0 Å². The SMILES string of the molecule is Sc1cccc(C(c2ccccc2)c2cnc[nH]2)c1. The molecule has 0 aliphatic rings. The van der Waals surface area contributed by atoms with Crippen LogP contribution in [0.4, 0.5) is 0 Å². The summed E-state index contributed by atoms with van der Waals surface area (Å²) in [5, 5.41) is 0. The summed E-state index contributed by atoms with van der Waals surface area (Å²) in [6.07, 6.45) is 3.60. The number of aromatic amines is 1. The summed E-state index contributed by atoms with van der Waals surface area (Å²) in [5.41, 5.74) is 3.54. The summed E-state index contributed by atoms with van der Waals surface area (Å²) >= 11 is 4.43. The van der Waals surface area contributed by atoms with Gasteiger partial charge >= 0.3 is 0 Å². The number of benzene rings is 2. The van der Waals surface area contributed by atoms with Gasteiger partial charge in [0.25, 0.3) is 0 Å². The average molecular weight is 266 g/mol. The van der Waals surface area contributed by atoms with Gasteiger partial charge < -0.3 is 4.98 Å². The minimum Gasteiger partial charge on any atom is -0.348 e. The van der Waals surface area contributed by atoms with E-state index < -0.39 is 0 Å². The molecule has 0 bridgehead atoms. The lowest BCUT2D eigenvalue weighted by Gasteiger charge is -2.17. The first kappa shape index (κ1) is 12.1. The van der Waals surface area contributed by atoms with Crippen LogP contribution in [0.3, 0.4) is 0 Å². The van der Waals surface area contributed by atoms with Crippen molar-refractivity contribution in [2.24, 2.45) is 0 Å². The topological polar surface area (TPSA) is 28.7 Å². The highest BCUT2D eigenvalue weighted by molar-refractivity contribution is 7.80. The predicted molar refractivity (Wildman–Crippen MR) is 79.7 cm³/mol. The Labute approximate surface area is 117 Å². The minimum atomic E-state index is 0.163. The molecule has 1 aromatic heterocycles. The molecular weight excluding hydrogens is 252 g/mol. The zero-order valence-electron chi connectivity index (χ0n) is 10.3. The molecule has 3 rings (SSSR count). The number of imidazole rings is 1. The number of H-pyrrole nitrogens is 1. The van der Waals surface area contributed by atoms with Crippen LogP contribution in [-0.2, 0) is 0 Å². The maximum Gasteiger partial charge on any atom is 0.0922 e. The second-order valence-corrected chi connectivity index (χ2v) is 4.96. The van der Waals surface area contributed by atoms with E-state index in [0.717, 1.165) is 10.6 Å². The van der Waals surface area contributed by atoms with E-state index in [1.54, 1.807) is 6.33 Å². The normalized spacial score (nSPS) is 12.3. The smallest absolute Gasteiger partial charge is 0.0922 e. The average Bonchev–Trinajstić information content (AvgIpc) is 2.94. The maximum atomic E-state index is 4.43. The van der Waals surface area contributed by atoms with Crippen molar-refractivity contribution in [1.29, 1.82) is 0 Å². The first-order valence-corrected chi connectivity index (χ1v) is 6.61. The van der Waals surface area contributed by atoms with Crippen LogP contribution < -0.4 is 0 Å². The number of nitrogens with zero attached hydrogens (tertiary/aromatic N) is 1. The van der Waals surface area contributed by atoms with E-state index in [0.29, 0.717) is 0 Å². The Bertz CT molecular complexity index is 648. The zero-order valence-corrected chi connectivity index (χ0v) is 11.2. The molecule has 2 nitrogen and oxygen atoms in total. The second-order valence-electron chi connectivity index (χ2n) is 4.45. The molecule has 0 amide bonds. The van der Waals surface area contributed by atoms with Crippen molar-refractivity contribution < 1.29 is 0 Å². The number of hydrogen-bond donors (Lipinski definition) is 2. The quantitative estimate of drug-likeness (QED) is 0.692. The monoisotopic (exact) mass is 266 g/mol. The molecule has 0 aliphatic heterocycles. The van der Waals surface area contributed by atoms with Gasteiger partial charge in [0.15, 0.2) is 0 Å². The summed E-state index contributed by atoms with van der Waals surface area (Å²) in [6.45, 7) is 0. The standard InChI is InChI=1S/C16H14N2S/c19-14-8-4-7-13(9-14)16(15-10-17-11-18-15)12-5-2-1-3-6-12/h1-11,16,19H,(H,17,18). The molecule has 0 fully saturated rings. The van der Waals surface area contributed by atoms with Gasteiger partial charge in [-0.15, -0.1) is 12.6 Å². The first-order valence-electron chi connectivity index (χ1n) is 6.17. The molecule has 19 heavy (non-hydrogen) atoms. The Kier molecular flexibility index (Phi) is 3.38. The Morgan fingerprint density at radius 2 is 1.74 bits per heavy atom. The molecule has 0 spiro atoms. The minimum absolute atomic E-state index is 0.163. The molecule has 0 radical (unpaired) electrons. The van der Waals surface area contributed by atoms with Gasteiger partial charge in [-0.25, -0.2) is 4.98 Å². The lowest BCUT2D eigenvalue weighted by atomic mass is 9.89. The Hall–Kier alpha value is -2.00. The maximum absolute atomic E-state index is 4.43. The van der Waals surface area contributed by atoms with Crippen molar-refractivity contribution in [3.05, 3.63) is 83.9 Å². The summed E-state index contributed by atoms with van der Waals surface area (Å²) in [5.74, 6) is 0.163. The van der Waals surface area contributed by atoms with Gasteiger partial charge in [0.2, 0.25) is 0 Å². The number of thiol groups is 1. The van der Waals surface area contributed by atoms with E-state index in [4.69, 9.17) is 0 Å². The Balaban J connectivity index is 2.12. The lowest BCUT2D eigenvalue weighted by Crippen LogP contribution is -2.03. The van der Waals surface area contributed by atoms with E-state index in [9.17, 15) is 0 Å². The van der Waals surface area contributed by atoms with Crippen molar-refractivity contribution in [3.63, 3.8) is 0 Å². The Morgan fingerprint density at radius 1 is 0.947 bits per heavy atom. The fraction of sp³-hybridized carbons (Fsp3) is 0.0625. The highest BCUT2D eigenvalue weighted by atomic mass is 32.1.